The minimum Gasteiger partial charge on any atom is -0.493 e. The molecule has 0 unspecified atom stereocenters. The first-order chi connectivity index (χ1) is 13.6. The maximum Gasteiger partial charge on any atom is 0.255 e. The second kappa shape index (κ2) is 8.90. The number of hydrogen-bond donors (Lipinski definition) is 1. The molecule has 1 N–H and O–H groups in total. The molecule has 2 aromatic heterocycles. The number of ketones is 1. The molecular weight excluding hydrogens is 398 g/mol. The van der Waals surface area contributed by atoms with Crippen LogP contribution in [0.25, 0.3) is 0 Å². The molecular formula is C20H19NO5S2. The highest BCUT2D eigenvalue weighted by Gasteiger charge is 2.21. The van der Waals surface area contributed by atoms with Crippen LogP contribution in [0.4, 0.5) is 0 Å². The number of carbonyl (C=O) groups is 2. The molecule has 2 heterocycles. The first kappa shape index (κ1) is 19.9. The summed E-state index contributed by atoms with van der Waals surface area (Å²) in [6.07, 6.45) is 0. The van der Waals surface area contributed by atoms with Gasteiger partial charge in [0, 0.05) is 15.8 Å². The zero-order valence-electron chi connectivity index (χ0n) is 15.6. The quantitative estimate of drug-likeness (QED) is 0.561. The molecule has 0 bridgehead atoms. The molecule has 0 saturated heterocycles. The topological polar surface area (TPSA) is 73.9 Å². The van der Waals surface area contributed by atoms with Crippen LogP contribution in [-0.2, 0) is 6.54 Å². The van der Waals surface area contributed by atoms with Crippen LogP contribution in [0.1, 0.15) is 30.5 Å². The van der Waals surface area contributed by atoms with Gasteiger partial charge in [0.05, 0.1) is 38.3 Å². The number of amides is 1. The summed E-state index contributed by atoms with van der Waals surface area (Å²) in [5.74, 6) is 0.823. The second-order valence-electron chi connectivity index (χ2n) is 5.67. The fourth-order valence-electron chi connectivity index (χ4n) is 2.67. The minimum absolute atomic E-state index is 0.00890. The molecule has 0 saturated carbocycles. The smallest absolute Gasteiger partial charge is 0.255 e. The fourth-order valence-corrected chi connectivity index (χ4v) is 4.22. The Morgan fingerprint density at radius 1 is 0.964 bits per heavy atom. The van der Waals surface area contributed by atoms with Gasteiger partial charge in [-0.25, -0.2) is 0 Å². The number of rotatable bonds is 8. The first-order valence-electron chi connectivity index (χ1n) is 8.31. The Hall–Kier alpha value is -2.84. The Kier molecular flexibility index (Phi) is 6.33. The highest BCUT2D eigenvalue weighted by Crippen LogP contribution is 2.39. The van der Waals surface area contributed by atoms with Gasteiger partial charge in [-0.15, -0.1) is 11.3 Å². The van der Waals surface area contributed by atoms with Crippen molar-refractivity contribution >= 4 is 34.4 Å². The van der Waals surface area contributed by atoms with Crippen molar-refractivity contribution in [3.8, 4) is 17.2 Å². The van der Waals surface area contributed by atoms with E-state index in [0.29, 0.717) is 39.8 Å². The molecule has 3 aromatic rings. The van der Waals surface area contributed by atoms with Crippen LogP contribution < -0.4 is 19.5 Å². The summed E-state index contributed by atoms with van der Waals surface area (Å²) in [5.41, 5.74) is 1.02. The van der Waals surface area contributed by atoms with E-state index >= 15 is 0 Å². The van der Waals surface area contributed by atoms with Gasteiger partial charge >= 0.3 is 0 Å². The Labute approximate surface area is 170 Å². The summed E-state index contributed by atoms with van der Waals surface area (Å²) < 4.78 is 15.9. The van der Waals surface area contributed by atoms with Gasteiger partial charge in [-0.05, 0) is 35.7 Å². The monoisotopic (exact) mass is 417 g/mol. The van der Waals surface area contributed by atoms with E-state index in [1.807, 2.05) is 16.8 Å². The molecule has 28 heavy (non-hydrogen) atoms. The van der Waals surface area contributed by atoms with Crippen molar-refractivity contribution in [3.63, 3.8) is 0 Å². The van der Waals surface area contributed by atoms with Crippen LogP contribution in [0.2, 0.25) is 0 Å². The maximum atomic E-state index is 12.6. The van der Waals surface area contributed by atoms with Crippen LogP contribution in [0.15, 0.2) is 41.1 Å². The zero-order chi connectivity index (χ0) is 20.1. The van der Waals surface area contributed by atoms with Crippen molar-refractivity contribution < 1.29 is 23.8 Å². The van der Waals surface area contributed by atoms with Crippen LogP contribution in [0.5, 0.6) is 17.2 Å². The summed E-state index contributed by atoms with van der Waals surface area (Å²) >= 11 is 2.85. The predicted octanol–water partition coefficient (Wildman–Crippen LogP) is 4.00. The first-order valence-corrected chi connectivity index (χ1v) is 10.1. The Balaban J connectivity index is 1.72. The van der Waals surface area contributed by atoms with E-state index in [-0.39, 0.29) is 11.7 Å². The lowest BCUT2D eigenvalue weighted by atomic mass is 10.1. The van der Waals surface area contributed by atoms with Gasteiger partial charge in [0.25, 0.3) is 5.91 Å². The second-order valence-corrected chi connectivity index (χ2v) is 7.62. The molecule has 1 amide bonds. The normalized spacial score (nSPS) is 10.4. The van der Waals surface area contributed by atoms with E-state index in [2.05, 4.69) is 5.32 Å². The van der Waals surface area contributed by atoms with E-state index in [9.17, 15) is 9.59 Å². The minimum atomic E-state index is -0.308. The van der Waals surface area contributed by atoms with Crippen LogP contribution in [0.3, 0.4) is 0 Å². The lowest BCUT2D eigenvalue weighted by Gasteiger charge is -2.15. The molecule has 1 aromatic carbocycles. The third kappa shape index (κ3) is 4.02. The molecule has 0 aliphatic rings. The summed E-state index contributed by atoms with van der Waals surface area (Å²) in [4.78, 5) is 26.6. The highest BCUT2D eigenvalue weighted by atomic mass is 32.1. The van der Waals surface area contributed by atoms with E-state index < -0.39 is 0 Å². The molecule has 0 atom stereocenters. The summed E-state index contributed by atoms with van der Waals surface area (Å²) in [5, 5.41) is 6.55. The fraction of sp³-hybridized carbons (Fsp3) is 0.200. The number of nitrogens with one attached hydrogen (secondary N) is 1. The van der Waals surface area contributed by atoms with E-state index in [0.717, 1.165) is 4.88 Å². The molecule has 0 fully saturated rings. The number of carbonyl (C=O) groups excluding carboxylic acids is 2. The average molecular weight is 418 g/mol. The van der Waals surface area contributed by atoms with Crippen molar-refractivity contribution in [2.45, 2.75) is 6.54 Å². The van der Waals surface area contributed by atoms with E-state index in [1.54, 1.807) is 24.3 Å². The van der Waals surface area contributed by atoms with E-state index in [1.165, 1.54) is 44.0 Å². The Morgan fingerprint density at radius 3 is 2.39 bits per heavy atom. The highest BCUT2D eigenvalue weighted by molar-refractivity contribution is 7.14. The van der Waals surface area contributed by atoms with Gasteiger partial charge in [-0.2, -0.15) is 11.3 Å². The average Bonchev–Trinajstić information content (AvgIpc) is 3.42. The van der Waals surface area contributed by atoms with Crippen molar-refractivity contribution in [1.82, 2.24) is 5.32 Å². The third-order valence-corrected chi connectivity index (χ3v) is 5.81. The van der Waals surface area contributed by atoms with Gasteiger partial charge in [-0.1, -0.05) is 0 Å². The predicted molar refractivity (Wildman–Crippen MR) is 109 cm³/mol. The molecule has 0 radical (unpaired) electrons. The summed E-state index contributed by atoms with van der Waals surface area (Å²) in [6.45, 7) is 0.303. The number of methoxy groups -OCH3 is 3. The van der Waals surface area contributed by atoms with Crippen molar-refractivity contribution in [3.05, 3.63) is 62.0 Å². The van der Waals surface area contributed by atoms with E-state index in [4.69, 9.17) is 14.2 Å². The molecule has 3 rings (SSSR count). The molecule has 146 valence electrons. The number of thiophene rings is 2. The Morgan fingerprint density at radius 2 is 1.75 bits per heavy atom. The number of benzene rings is 1. The van der Waals surface area contributed by atoms with Crippen molar-refractivity contribution in [2.24, 2.45) is 0 Å². The van der Waals surface area contributed by atoms with Gasteiger partial charge in [0.15, 0.2) is 11.5 Å². The van der Waals surface area contributed by atoms with Crippen LogP contribution >= 0.6 is 22.7 Å². The standard InChI is InChI=1S/C20H19NO5S2/c1-24-15-6-5-14(18(25-2)19(15)26-3)20(23)21-10-13-4-7-16(28-13)17(22)12-8-9-27-11-12/h4-9,11H,10H2,1-3H3,(H,21,23). The zero-order valence-corrected chi connectivity index (χ0v) is 17.2. The largest absolute Gasteiger partial charge is 0.493 e. The van der Waals surface area contributed by atoms with Gasteiger partial charge in [0.1, 0.15) is 0 Å². The van der Waals surface area contributed by atoms with Crippen molar-refractivity contribution in [1.29, 1.82) is 0 Å². The number of ether oxygens (including phenoxy) is 3. The lowest BCUT2D eigenvalue weighted by Crippen LogP contribution is -2.23. The lowest BCUT2D eigenvalue weighted by molar-refractivity contribution is 0.0947. The maximum absolute atomic E-state index is 12.6. The Bertz CT molecular complexity index is 979. The van der Waals surface area contributed by atoms with Crippen molar-refractivity contribution in [2.75, 3.05) is 21.3 Å². The van der Waals surface area contributed by atoms with Gasteiger partial charge < -0.3 is 19.5 Å². The summed E-state index contributed by atoms with van der Waals surface area (Å²) in [7, 11) is 4.47. The van der Waals surface area contributed by atoms with Crippen LogP contribution in [0, 0.1) is 0 Å². The molecule has 0 aliphatic heterocycles. The van der Waals surface area contributed by atoms with Crippen LogP contribution in [-0.4, -0.2) is 33.0 Å². The summed E-state index contributed by atoms with van der Waals surface area (Å²) in [6, 6.07) is 8.70. The third-order valence-electron chi connectivity index (χ3n) is 4.04. The SMILES string of the molecule is COc1ccc(C(=O)NCc2ccc(C(=O)c3ccsc3)s2)c(OC)c1OC. The number of hydrogen-bond acceptors (Lipinski definition) is 7. The molecule has 8 heteroatoms. The molecule has 0 spiro atoms. The molecule has 6 nitrogen and oxygen atoms in total. The van der Waals surface area contributed by atoms with Gasteiger partial charge in [0.2, 0.25) is 11.5 Å². The van der Waals surface area contributed by atoms with Gasteiger partial charge in [-0.3, -0.25) is 9.59 Å². The molecule has 0 aliphatic carbocycles.